The van der Waals surface area contributed by atoms with Gasteiger partial charge in [0, 0.05) is 44.1 Å². The summed E-state index contributed by atoms with van der Waals surface area (Å²) < 4.78 is 0. The minimum absolute atomic E-state index is 0.571. The van der Waals surface area contributed by atoms with Crippen molar-refractivity contribution < 1.29 is 0 Å². The molecule has 1 N–H and O–H groups in total. The van der Waals surface area contributed by atoms with Gasteiger partial charge >= 0.3 is 0 Å². The van der Waals surface area contributed by atoms with Crippen molar-refractivity contribution in [3.63, 3.8) is 0 Å². The molecule has 100 valence electrons. The summed E-state index contributed by atoms with van der Waals surface area (Å²) in [6.45, 7) is 9.60. The molecule has 4 nitrogen and oxygen atoms in total. The van der Waals surface area contributed by atoms with Gasteiger partial charge < -0.3 is 5.32 Å². The van der Waals surface area contributed by atoms with Crippen molar-refractivity contribution in [2.24, 2.45) is 0 Å². The number of rotatable bonds is 4. The molecule has 0 aromatic carbocycles. The lowest BCUT2D eigenvalue weighted by atomic mass is 10.1. The highest BCUT2D eigenvalue weighted by molar-refractivity contribution is 5.01. The van der Waals surface area contributed by atoms with Gasteiger partial charge in [0.1, 0.15) is 0 Å². The van der Waals surface area contributed by atoms with Crippen molar-refractivity contribution in [2.45, 2.75) is 52.2 Å². The Labute approximate surface area is 110 Å². The van der Waals surface area contributed by atoms with E-state index in [9.17, 15) is 0 Å². The molecule has 2 rings (SSSR count). The van der Waals surface area contributed by atoms with Gasteiger partial charge in [0.05, 0.1) is 11.4 Å². The summed E-state index contributed by atoms with van der Waals surface area (Å²) in [7, 11) is 0. The molecule has 4 heteroatoms. The Morgan fingerprint density at radius 2 is 2.22 bits per heavy atom. The van der Waals surface area contributed by atoms with E-state index in [0.717, 1.165) is 31.0 Å². The quantitative estimate of drug-likeness (QED) is 0.881. The molecule has 0 aliphatic carbocycles. The van der Waals surface area contributed by atoms with Gasteiger partial charge in [-0.15, -0.1) is 0 Å². The predicted molar refractivity (Wildman–Crippen MR) is 73.3 cm³/mol. The topological polar surface area (TPSA) is 41.1 Å². The van der Waals surface area contributed by atoms with Crippen molar-refractivity contribution in [3.05, 3.63) is 23.8 Å². The van der Waals surface area contributed by atoms with Crippen LogP contribution in [0.3, 0.4) is 0 Å². The maximum Gasteiger partial charge on any atom is 0.0727 e. The van der Waals surface area contributed by atoms with Crippen LogP contribution >= 0.6 is 0 Å². The van der Waals surface area contributed by atoms with Crippen molar-refractivity contribution in [1.29, 1.82) is 0 Å². The normalized spacial score (nSPS) is 25.3. The maximum absolute atomic E-state index is 4.45. The molecule has 1 aliphatic heterocycles. The van der Waals surface area contributed by atoms with Crippen LogP contribution in [0.1, 0.15) is 38.1 Å². The van der Waals surface area contributed by atoms with E-state index in [1.54, 1.807) is 0 Å². The summed E-state index contributed by atoms with van der Waals surface area (Å²) in [6, 6.07) is 1.20. The number of nitrogens with one attached hydrogen (secondary N) is 1. The smallest absolute Gasteiger partial charge is 0.0727 e. The SMILES string of the molecule is CCCC1CN(Cc2cnc(C)cn2)C(C)CN1. The lowest BCUT2D eigenvalue weighted by molar-refractivity contribution is 0.128. The molecular formula is C14H24N4. The molecule has 1 aromatic rings. The molecule has 1 aromatic heterocycles. The Kier molecular flexibility index (Phi) is 4.66. The maximum atomic E-state index is 4.45. The van der Waals surface area contributed by atoms with Crippen LogP contribution in [0, 0.1) is 6.92 Å². The van der Waals surface area contributed by atoms with E-state index in [4.69, 9.17) is 0 Å². The highest BCUT2D eigenvalue weighted by Crippen LogP contribution is 2.13. The summed E-state index contributed by atoms with van der Waals surface area (Å²) in [5.41, 5.74) is 2.06. The van der Waals surface area contributed by atoms with Gasteiger partial charge in [0.2, 0.25) is 0 Å². The van der Waals surface area contributed by atoms with E-state index in [1.165, 1.54) is 12.8 Å². The second-order valence-corrected chi connectivity index (χ2v) is 5.32. The highest BCUT2D eigenvalue weighted by atomic mass is 15.2. The molecular weight excluding hydrogens is 224 g/mol. The number of hydrogen-bond donors (Lipinski definition) is 1. The average Bonchev–Trinajstić information content (AvgIpc) is 2.36. The Hall–Kier alpha value is -1.00. The predicted octanol–water partition coefficient (Wildman–Crippen LogP) is 1.75. The average molecular weight is 248 g/mol. The monoisotopic (exact) mass is 248 g/mol. The van der Waals surface area contributed by atoms with Gasteiger partial charge in [-0.2, -0.15) is 0 Å². The first-order valence-corrected chi connectivity index (χ1v) is 6.94. The standard InChI is InChI=1S/C14H24N4/c1-4-5-13-9-18(12(3)7-17-13)10-14-8-15-11(2)6-16-14/h6,8,12-13,17H,4-5,7,9-10H2,1-3H3. The molecule has 2 heterocycles. The molecule has 1 saturated heterocycles. The van der Waals surface area contributed by atoms with Crippen LogP contribution in [0.2, 0.25) is 0 Å². The molecule has 18 heavy (non-hydrogen) atoms. The number of nitrogens with zero attached hydrogens (tertiary/aromatic N) is 3. The highest BCUT2D eigenvalue weighted by Gasteiger charge is 2.24. The molecule has 0 spiro atoms. The Morgan fingerprint density at radius 1 is 1.39 bits per heavy atom. The van der Waals surface area contributed by atoms with Gasteiger partial charge in [-0.25, -0.2) is 0 Å². The minimum atomic E-state index is 0.571. The van der Waals surface area contributed by atoms with E-state index < -0.39 is 0 Å². The largest absolute Gasteiger partial charge is 0.311 e. The first-order chi connectivity index (χ1) is 8.69. The summed E-state index contributed by atoms with van der Waals surface area (Å²) in [5.74, 6) is 0. The molecule has 0 saturated carbocycles. The lowest BCUT2D eigenvalue weighted by Gasteiger charge is -2.38. The summed E-state index contributed by atoms with van der Waals surface area (Å²) in [4.78, 5) is 11.3. The first-order valence-electron chi connectivity index (χ1n) is 6.94. The third-order valence-corrected chi connectivity index (χ3v) is 3.62. The Balaban J connectivity index is 1.95. The van der Waals surface area contributed by atoms with Crippen molar-refractivity contribution >= 4 is 0 Å². The van der Waals surface area contributed by atoms with Crippen LogP contribution in [0.25, 0.3) is 0 Å². The number of piperazine rings is 1. The Morgan fingerprint density at radius 3 is 2.89 bits per heavy atom. The van der Waals surface area contributed by atoms with Crippen LogP contribution in [0.4, 0.5) is 0 Å². The molecule has 0 radical (unpaired) electrons. The number of aromatic nitrogens is 2. The van der Waals surface area contributed by atoms with Gasteiger partial charge in [-0.1, -0.05) is 13.3 Å². The molecule has 2 unspecified atom stereocenters. The zero-order chi connectivity index (χ0) is 13.0. The fourth-order valence-corrected chi connectivity index (χ4v) is 2.47. The van der Waals surface area contributed by atoms with Gasteiger partial charge in [-0.05, 0) is 20.3 Å². The number of aryl methyl sites for hydroxylation is 1. The zero-order valence-electron chi connectivity index (χ0n) is 11.7. The van der Waals surface area contributed by atoms with Gasteiger partial charge in [0.15, 0.2) is 0 Å². The van der Waals surface area contributed by atoms with E-state index >= 15 is 0 Å². The Bertz CT molecular complexity index is 363. The van der Waals surface area contributed by atoms with E-state index in [-0.39, 0.29) is 0 Å². The van der Waals surface area contributed by atoms with E-state index in [1.807, 2.05) is 19.3 Å². The minimum Gasteiger partial charge on any atom is -0.311 e. The molecule has 0 bridgehead atoms. The second kappa shape index (κ2) is 6.25. The van der Waals surface area contributed by atoms with Crippen LogP contribution < -0.4 is 5.32 Å². The zero-order valence-corrected chi connectivity index (χ0v) is 11.7. The fourth-order valence-electron chi connectivity index (χ4n) is 2.47. The summed E-state index contributed by atoms with van der Waals surface area (Å²) in [5, 5.41) is 3.62. The number of hydrogen-bond acceptors (Lipinski definition) is 4. The molecule has 2 atom stereocenters. The van der Waals surface area contributed by atoms with Crippen molar-refractivity contribution in [1.82, 2.24) is 20.2 Å². The van der Waals surface area contributed by atoms with Crippen LogP contribution in [-0.4, -0.2) is 40.0 Å². The molecule has 1 fully saturated rings. The third kappa shape index (κ3) is 3.50. The van der Waals surface area contributed by atoms with E-state index in [0.29, 0.717) is 12.1 Å². The third-order valence-electron chi connectivity index (χ3n) is 3.62. The lowest BCUT2D eigenvalue weighted by Crippen LogP contribution is -2.54. The van der Waals surface area contributed by atoms with Crippen LogP contribution in [-0.2, 0) is 6.54 Å². The van der Waals surface area contributed by atoms with Crippen molar-refractivity contribution in [3.8, 4) is 0 Å². The van der Waals surface area contributed by atoms with Gasteiger partial charge in [0.25, 0.3) is 0 Å². The van der Waals surface area contributed by atoms with Crippen LogP contribution in [0.15, 0.2) is 12.4 Å². The summed E-state index contributed by atoms with van der Waals surface area (Å²) in [6.07, 6.45) is 6.25. The second-order valence-electron chi connectivity index (χ2n) is 5.32. The summed E-state index contributed by atoms with van der Waals surface area (Å²) >= 11 is 0. The van der Waals surface area contributed by atoms with Crippen molar-refractivity contribution in [2.75, 3.05) is 13.1 Å². The molecule has 1 aliphatic rings. The fraction of sp³-hybridized carbons (Fsp3) is 0.714. The van der Waals surface area contributed by atoms with Gasteiger partial charge in [-0.3, -0.25) is 14.9 Å². The first kappa shape index (κ1) is 13.4. The molecule has 0 amide bonds. The van der Waals surface area contributed by atoms with Crippen LogP contribution in [0.5, 0.6) is 0 Å². The van der Waals surface area contributed by atoms with E-state index in [2.05, 4.69) is 34.0 Å².